The van der Waals surface area contributed by atoms with Gasteiger partial charge in [0.25, 0.3) is 5.91 Å². The summed E-state index contributed by atoms with van der Waals surface area (Å²) in [4.78, 5) is 38.3. The molecule has 3 rings (SSSR count). The number of benzene rings is 2. The van der Waals surface area contributed by atoms with Crippen LogP contribution >= 0.6 is 0 Å². The Bertz CT molecular complexity index is 883. The number of urea groups is 1. The SMILES string of the molecule is COc1ccc(CN2C(=O)N[C@@H](CC(=O)N[C@H](C)CCc3ccccc3)C2=O)cc1. The van der Waals surface area contributed by atoms with E-state index in [0.717, 1.165) is 23.3 Å². The van der Waals surface area contributed by atoms with Gasteiger partial charge in [0.05, 0.1) is 20.1 Å². The van der Waals surface area contributed by atoms with Crippen LogP contribution in [0, 0.1) is 0 Å². The summed E-state index contributed by atoms with van der Waals surface area (Å²) < 4.78 is 5.11. The van der Waals surface area contributed by atoms with Gasteiger partial charge in [-0.3, -0.25) is 14.5 Å². The van der Waals surface area contributed by atoms with Gasteiger partial charge < -0.3 is 15.4 Å². The molecule has 158 valence electrons. The highest BCUT2D eigenvalue weighted by atomic mass is 16.5. The van der Waals surface area contributed by atoms with Gasteiger partial charge in [0.1, 0.15) is 11.8 Å². The topological polar surface area (TPSA) is 87.7 Å². The van der Waals surface area contributed by atoms with E-state index in [9.17, 15) is 14.4 Å². The fourth-order valence-electron chi connectivity index (χ4n) is 3.40. The minimum absolute atomic E-state index is 0.0275. The van der Waals surface area contributed by atoms with Crippen molar-refractivity contribution in [2.45, 2.75) is 44.8 Å². The van der Waals surface area contributed by atoms with Gasteiger partial charge in [-0.15, -0.1) is 0 Å². The predicted molar refractivity (Wildman–Crippen MR) is 113 cm³/mol. The minimum Gasteiger partial charge on any atom is -0.497 e. The van der Waals surface area contributed by atoms with Crippen LogP contribution in [0.25, 0.3) is 0 Å². The Balaban J connectivity index is 1.48. The lowest BCUT2D eigenvalue weighted by molar-refractivity contribution is -0.131. The van der Waals surface area contributed by atoms with Crippen LogP contribution in [0.5, 0.6) is 5.75 Å². The van der Waals surface area contributed by atoms with Crippen LogP contribution < -0.4 is 15.4 Å². The molecular formula is C23H27N3O4. The lowest BCUT2D eigenvalue weighted by atomic mass is 10.1. The second kappa shape index (κ2) is 9.91. The number of amides is 4. The summed E-state index contributed by atoms with van der Waals surface area (Å²) in [7, 11) is 1.57. The van der Waals surface area contributed by atoms with Crippen LogP contribution in [0.4, 0.5) is 4.79 Å². The maximum Gasteiger partial charge on any atom is 0.325 e. The fourth-order valence-corrected chi connectivity index (χ4v) is 3.40. The first-order valence-electron chi connectivity index (χ1n) is 10.0. The highest BCUT2D eigenvalue weighted by Crippen LogP contribution is 2.17. The first kappa shape index (κ1) is 21.4. The number of hydrogen-bond acceptors (Lipinski definition) is 4. The molecule has 0 spiro atoms. The van der Waals surface area contributed by atoms with E-state index in [2.05, 4.69) is 22.8 Å². The molecule has 7 nitrogen and oxygen atoms in total. The smallest absolute Gasteiger partial charge is 0.325 e. The van der Waals surface area contributed by atoms with E-state index in [4.69, 9.17) is 4.74 Å². The largest absolute Gasteiger partial charge is 0.497 e. The molecule has 0 bridgehead atoms. The van der Waals surface area contributed by atoms with Gasteiger partial charge in [0.15, 0.2) is 0 Å². The van der Waals surface area contributed by atoms with Crippen molar-refractivity contribution in [3.05, 3.63) is 65.7 Å². The molecule has 1 aliphatic rings. The number of rotatable bonds is 9. The molecule has 1 heterocycles. The van der Waals surface area contributed by atoms with Crippen molar-refractivity contribution in [2.24, 2.45) is 0 Å². The highest BCUT2D eigenvalue weighted by Gasteiger charge is 2.39. The number of nitrogens with zero attached hydrogens (tertiary/aromatic N) is 1. The number of carbonyl (C=O) groups is 3. The molecule has 1 fully saturated rings. The highest BCUT2D eigenvalue weighted by molar-refractivity contribution is 6.05. The third-order valence-electron chi connectivity index (χ3n) is 5.11. The summed E-state index contributed by atoms with van der Waals surface area (Å²) in [5, 5.41) is 5.53. The molecule has 2 N–H and O–H groups in total. The number of hydrogen-bond donors (Lipinski definition) is 2. The summed E-state index contributed by atoms with van der Waals surface area (Å²) in [6.07, 6.45) is 1.58. The molecule has 2 aromatic carbocycles. The minimum atomic E-state index is -0.836. The van der Waals surface area contributed by atoms with E-state index >= 15 is 0 Å². The number of imide groups is 1. The van der Waals surface area contributed by atoms with Crippen molar-refractivity contribution in [1.29, 1.82) is 0 Å². The van der Waals surface area contributed by atoms with Gasteiger partial charge in [0.2, 0.25) is 5.91 Å². The molecule has 4 amide bonds. The Morgan fingerprint density at radius 1 is 1.10 bits per heavy atom. The van der Waals surface area contributed by atoms with Crippen LogP contribution in [0.2, 0.25) is 0 Å². The van der Waals surface area contributed by atoms with Crippen molar-refractivity contribution in [3.63, 3.8) is 0 Å². The fraction of sp³-hybridized carbons (Fsp3) is 0.348. The van der Waals surface area contributed by atoms with E-state index in [1.54, 1.807) is 31.4 Å². The summed E-state index contributed by atoms with van der Waals surface area (Å²) in [5.74, 6) is 0.0651. The van der Waals surface area contributed by atoms with E-state index in [-0.39, 0.29) is 30.8 Å². The molecule has 0 unspecified atom stereocenters. The molecule has 0 aliphatic carbocycles. The van der Waals surface area contributed by atoms with Gasteiger partial charge in [-0.1, -0.05) is 42.5 Å². The van der Waals surface area contributed by atoms with E-state index < -0.39 is 12.1 Å². The zero-order chi connectivity index (χ0) is 21.5. The molecular weight excluding hydrogens is 382 g/mol. The van der Waals surface area contributed by atoms with E-state index in [1.807, 2.05) is 25.1 Å². The van der Waals surface area contributed by atoms with Crippen molar-refractivity contribution in [2.75, 3.05) is 7.11 Å². The molecule has 0 saturated carbocycles. The first-order chi connectivity index (χ1) is 14.5. The van der Waals surface area contributed by atoms with Crippen molar-refractivity contribution in [3.8, 4) is 5.75 Å². The van der Waals surface area contributed by atoms with Crippen LogP contribution in [0.15, 0.2) is 54.6 Å². The Morgan fingerprint density at radius 2 is 1.80 bits per heavy atom. The Hall–Kier alpha value is -3.35. The monoisotopic (exact) mass is 409 g/mol. The molecule has 0 aromatic heterocycles. The summed E-state index contributed by atoms with van der Waals surface area (Å²) >= 11 is 0. The quantitative estimate of drug-likeness (QED) is 0.624. The normalized spacial score (nSPS) is 16.9. The van der Waals surface area contributed by atoms with Crippen LogP contribution in [-0.4, -0.2) is 41.9 Å². The second-order valence-electron chi connectivity index (χ2n) is 7.47. The predicted octanol–water partition coefficient (Wildman–Crippen LogP) is 2.64. The average molecular weight is 409 g/mol. The molecule has 30 heavy (non-hydrogen) atoms. The average Bonchev–Trinajstić information content (AvgIpc) is 3.00. The van der Waals surface area contributed by atoms with Gasteiger partial charge in [-0.05, 0) is 43.0 Å². The van der Waals surface area contributed by atoms with Crippen molar-refractivity contribution >= 4 is 17.8 Å². The molecule has 7 heteroatoms. The number of nitrogens with one attached hydrogen (secondary N) is 2. The maximum atomic E-state index is 12.6. The van der Waals surface area contributed by atoms with Crippen molar-refractivity contribution < 1.29 is 19.1 Å². The third kappa shape index (κ3) is 5.59. The van der Waals surface area contributed by atoms with Gasteiger partial charge >= 0.3 is 6.03 Å². The van der Waals surface area contributed by atoms with Crippen LogP contribution in [-0.2, 0) is 22.6 Å². The number of methoxy groups -OCH3 is 1. The second-order valence-corrected chi connectivity index (χ2v) is 7.47. The third-order valence-corrected chi connectivity index (χ3v) is 5.11. The van der Waals surface area contributed by atoms with Crippen molar-refractivity contribution in [1.82, 2.24) is 15.5 Å². The zero-order valence-corrected chi connectivity index (χ0v) is 17.3. The Kier molecular flexibility index (Phi) is 7.06. The number of carbonyl (C=O) groups excluding carboxylic acids is 3. The van der Waals surface area contributed by atoms with Crippen LogP contribution in [0.3, 0.4) is 0 Å². The molecule has 0 radical (unpaired) electrons. The van der Waals surface area contributed by atoms with Gasteiger partial charge in [0, 0.05) is 6.04 Å². The number of ether oxygens (including phenoxy) is 1. The molecule has 1 saturated heterocycles. The van der Waals surface area contributed by atoms with Gasteiger partial charge in [-0.2, -0.15) is 0 Å². The van der Waals surface area contributed by atoms with Gasteiger partial charge in [-0.25, -0.2) is 4.79 Å². The lowest BCUT2D eigenvalue weighted by Crippen LogP contribution is -2.39. The van der Waals surface area contributed by atoms with Crippen LogP contribution in [0.1, 0.15) is 30.9 Å². The molecule has 1 aliphatic heterocycles. The summed E-state index contributed by atoms with van der Waals surface area (Å²) in [6.45, 7) is 2.09. The maximum absolute atomic E-state index is 12.6. The Labute approximate surface area is 176 Å². The Morgan fingerprint density at radius 3 is 2.47 bits per heavy atom. The van der Waals surface area contributed by atoms with E-state index in [0.29, 0.717) is 5.75 Å². The zero-order valence-electron chi connectivity index (χ0n) is 17.3. The molecule has 2 aromatic rings. The standard InChI is InChI=1S/C23H27N3O4/c1-16(8-9-17-6-4-3-5-7-17)24-21(27)14-20-22(28)26(23(29)25-20)15-18-10-12-19(30-2)13-11-18/h3-7,10-13,16,20H,8-9,14-15H2,1-2H3,(H,24,27)(H,25,29)/t16-,20+/m1/s1. The summed E-state index contributed by atoms with van der Waals surface area (Å²) in [6, 6.07) is 15.9. The first-order valence-corrected chi connectivity index (χ1v) is 10.0. The summed E-state index contributed by atoms with van der Waals surface area (Å²) in [5.41, 5.74) is 2.02. The number of aryl methyl sites for hydroxylation is 1. The van der Waals surface area contributed by atoms with E-state index in [1.165, 1.54) is 5.56 Å². The molecule has 2 atom stereocenters. The lowest BCUT2D eigenvalue weighted by Gasteiger charge is -2.16.